The molecule has 7 nitrogen and oxygen atoms in total. The quantitative estimate of drug-likeness (QED) is 0.422. The minimum atomic E-state index is -0.525. The molecule has 26 heavy (non-hydrogen) atoms. The third kappa shape index (κ3) is 4.00. The monoisotopic (exact) mass is 479 g/mol. The molecular formula is C17H11Br2N3O4. The number of carbonyl (C=O) groups excluding carboxylic acids is 1. The molecule has 0 saturated heterocycles. The van der Waals surface area contributed by atoms with E-state index in [0.717, 1.165) is 9.86 Å². The number of nitro benzene ring substituents is 1. The summed E-state index contributed by atoms with van der Waals surface area (Å²) in [4.78, 5) is 26.7. The van der Waals surface area contributed by atoms with E-state index in [4.69, 9.17) is 4.74 Å². The molecule has 0 unspecified atom stereocenters. The highest BCUT2D eigenvalue weighted by atomic mass is 79.9. The number of rotatable bonds is 5. The number of hydrogen-bond acceptors (Lipinski definition) is 5. The van der Waals surface area contributed by atoms with E-state index in [2.05, 4.69) is 42.2 Å². The summed E-state index contributed by atoms with van der Waals surface area (Å²) in [6, 6.07) is 11.2. The minimum Gasteiger partial charge on any atom is -0.480 e. The first-order valence-electron chi connectivity index (χ1n) is 7.35. The summed E-state index contributed by atoms with van der Waals surface area (Å²) in [6.45, 7) is -0.269. The molecule has 0 saturated carbocycles. The Balaban J connectivity index is 1.75. The van der Waals surface area contributed by atoms with E-state index in [-0.39, 0.29) is 12.3 Å². The van der Waals surface area contributed by atoms with Crippen LogP contribution < -0.4 is 10.1 Å². The minimum absolute atomic E-state index is 0.102. The van der Waals surface area contributed by atoms with Crippen LogP contribution in [-0.2, 0) is 4.79 Å². The van der Waals surface area contributed by atoms with Gasteiger partial charge in [0.25, 0.3) is 11.6 Å². The van der Waals surface area contributed by atoms with Crippen LogP contribution in [0.5, 0.6) is 5.75 Å². The highest BCUT2D eigenvalue weighted by molar-refractivity contribution is 9.11. The first-order valence-corrected chi connectivity index (χ1v) is 8.94. The van der Waals surface area contributed by atoms with Crippen LogP contribution in [-0.4, -0.2) is 22.4 Å². The van der Waals surface area contributed by atoms with Crippen molar-refractivity contribution in [1.82, 2.24) is 4.98 Å². The molecule has 3 rings (SSSR count). The van der Waals surface area contributed by atoms with Gasteiger partial charge in [-0.2, -0.15) is 0 Å². The van der Waals surface area contributed by atoms with Gasteiger partial charge in [-0.3, -0.25) is 19.9 Å². The smallest absolute Gasteiger partial charge is 0.271 e. The molecule has 1 N–H and O–H groups in total. The fourth-order valence-electron chi connectivity index (χ4n) is 2.32. The molecule has 1 aromatic heterocycles. The third-order valence-electron chi connectivity index (χ3n) is 3.44. The second kappa shape index (κ2) is 7.79. The Labute approximate surface area is 164 Å². The molecule has 0 radical (unpaired) electrons. The number of nitro groups is 1. The van der Waals surface area contributed by atoms with Gasteiger partial charge in [0.1, 0.15) is 5.52 Å². The van der Waals surface area contributed by atoms with Gasteiger partial charge in [-0.1, -0.05) is 28.1 Å². The van der Waals surface area contributed by atoms with Crippen molar-refractivity contribution >= 4 is 60.0 Å². The molecule has 0 aliphatic carbocycles. The average molecular weight is 481 g/mol. The number of ether oxygens (including phenoxy) is 1. The van der Waals surface area contributed by atoms with Gasteiger partial charge in [-0.15, -0.1) is 0 Å². The highest BCUT2D eigenvalue weighted by Gasteiger charge is 2.14. The molecular weight excluding hydrogens is 470 g/mol. The summed E-state index contributed by atoms with van der Waals surface area (Å²) in [5.74, 6) is 0.00221. The van der Waals surface area contributed by atoms with Crippen LogP contribution in [0.25, 0.3) is 10.9 Å². The van der Waals surface area contributed by atoms with Crippen molar-refractivity contribution in [3.05, 3.63) is 67.7 Å². The number of nitrogens with one attached hydrogen (secondary N) is 1. The lowest BCUT2D eigenvalue weighted by atomic mass is 10.2. The number of anilines is 1. The van der Waals surface area contributed by atoms with Crippen molar-refractivity contribution in [3.8, 4) is 5.75 Å². The van der Waals surface area contributed by atoms with Crippen LogP contribution in [0, 0.1) is 10.1 Å². The summed E-state index contributed by atoms with van der Waals surface area (Å²) < 4.78 is 7.14. The number of hydrogen-bond donors (Lipinski definition) is 1. The normalized spacial score (nSPS) is 10.5. The Bertz CT molecular complexity index is 1010. The predicted molar refractivity (Wildman–Crippen MR) is 104 cm³/mol. The van der Waals surface area contributed by atoms with Gasteiger partial charge >= 0.3 is 0 Å². The molecule has 0 spiro atoms. The maximum absolute atomic E-state index is 12.1. The fraction of sp³-hybridized carbons (Fsp3) is 0.0588. The lowest BCUT2D eigenvalue weighted by molar-refractivity contribution is -0.384. The Morgan fingerprint density at radius 2 is 2.00 bits per heavy atom. The number of non-ortho nitro benzene ring substituents is 1. The van der Waals surface area contributed by atoms with Crippen molar-refractivity contribution < 1.29 is 14.5 Å². The lowest BCUT2D eigenvalue weighted by Crippen LogP contribution is -2.20. The number of pyridine rings is 1. The van der Waals surface area contributed by atoms with Gasteiger partial charge in [0.2, 0.25) is 0 Å². The van der Waals surface area contributed by atoms with Gasteiger partial charge < -0.3 is 10.1 Å². The number of aromatic nitrogens is 1. The van der Waals surface area contributed by atoms with Gasteiger partial charge in [0.15, 0.2) is 12.4 Å². The highest BCUT2D eigenvalue weighted by Crippen LogP contribution is 2.37. The summed E-state index contributed by atoms with van der Waals surface area (Å²) >= 11 is 6.87. The maximum Gasteiger partial charge on any atom is 0.271 e. The number of benzene rings is 2. The first kappa shape index (κ1) is 18.3. The van der Waals surface area contributed by atoms with Crippen molar-refractivity contribution in [2.75, 3.05) is 11.9 Å². The number of halogens is 2. The predicted octanol–water partition coefficient (Wildman–Crippen LogP) is 4.69. The summed E-state index contributed by atoms with van der Waals surface area (Å²) in [5, 5.41) is 14.2. The zero-order valence-electron chi connectivity index (χ0n) is 13.1. The summed E-state index contributed by atoms with van der Waals surface area (Å²) in [7, 11) is 0. The SMILES string of the molecule is O=C(COc1c(Br)cc(Br)c2cccnc12)Nc1cccc([N+](=O)[O-])c1. The molecule has 9 heteroatoms. The van der Waals surface area contributed by atoms with E-state index in [9.17, 15) is 14.9 Å². The summed E-state index contributed by atoms with van der Waals surface area (Å²) in [6.07, 6.45) is 1.64. The van der Waals surface area contributed by atoms with Crippen LogP contribution in [0.4, 0.5) is 11.4 Å². The molecule has 1 amide bonds. The van der Waals surface area contributed by atoms with E-state index < -0.39 is 10.8 Å². The second-order valence-corrected chi connectivity index (χ2v) is 6.92. The Kier molecular flexibility index (Phi) is 5.48. The Hall–Kier alpha value is -2.52. The van der Waals surface area contributed by atoms with Crippen LogP contribution >= 0.6 is 31.9 Å². The fourth-order valence-corrected chi connectivity index (χ4v) is 3.70. The maximum atomic E-state index is 12.1. The number of amides is 1. The lowest BCUT2D eigenvalue weighted by Gasteiger charge is -2.12. The molecule has 2 aromatic carbocycles. The van der Waals surface area contributed by atoms with E-state index in [1.807, 2.05) is 12.1 Å². The van der Waals surface area contributed by atoms with Gasteiger partial charge in [0.05, 0.1) is 9.40 Å². The molecule has 1 heterocycles. The summed E-state index contributed by atoms with van der Waals surface area (Å²) in [5.41, 5.74) is 0.831. The number of fused-ring (bicyclic) bond motifs is 1. The largest absolute Gasteiger partial charge is 0.480 e. The van der Waals surface area contributed by atoms with E-state index in [0.29, 0.717) is 21.4 Å². The third-order valence-corrected chi connectivity index (χ3v) is 4.68. The van der Waals surface area contributed by atoms with E-state index in [1.165, 1.54) is 18.2 Å². The molecule has 0 aliphatic heterocycles. The molecule has 0 bridgehead atoms. The van der Waals surface area contributed by atoms with Gasteiger partial charge in [-0.25, -0.2) is 0 Å². The zero-order chi connectivity index (χ0) is 18.7. The van der Waals surface area contributed by atoms with Crippen molar-refractivity contribution in [1.29, 1.82) is 0 Å². The van der Waals surface area contributed by atoms with Crippen LogP contribution in [0.2, 0.25) is 0 Å². The van der Waals surface area contributed by atoms with Crippen molar-refractivity contribution in [2.45, 2.75) is 0 Å². The Morgan fingerprint density at radius 3 is 2.77 bits per heavy atom. The molecule has 0 fully saturated rings. The van der Waals surface area contributed by atoms with Gasteiger partial charge in [0, 0.05) is 33.9 Å². The molecule has 0 aliphatic rings. The molecule has 132 valence electrons. The second-order valence-electron chi connectivity index (χ2n) is 5.21. The van der Waals surface area contributed by atoms with Crippen LogP contribution in [0.3, 0.4) is 0 Å². The zero-order valence-corrected chi connectivity index (χ0v) is 16.3. The topological polar surface area (TPSA) is 94.4 Å². The number of nitrogens with zero attached hydrogens (tertiary/aromatic N) is 2. The first-order chi connectivity index (χ1) is 12.5. The Morgan fingerprint density at radius 1 is 1.19 bits per heavy atom. The van der Waals surface area contributed by atoms with Gasteiger partial charge in [-0.05, 0) is 34.1 Å². The average Bonchev–Trinajstić information content (AvgIpc) is 2.61. The van der Waals surface area contributed by atoms with E-state index >= 15 is 0 Å². The van der Waals surface area contributed by atoms with Crippen LogP contribution in [0.1, 0.15) is 0 Å². The van der Waals surface area contributed by atoms with Crippen LogP contribution in [0.15, 0.2) is 57.6 Å². The van der Waals surface area contributed by atoms with E-state index in [1.54, 1.807) is 18.3 Å². The molecule has 0 atom stereocenters. The van der Waals surface area contributed by atoms with Crippen molar-refractivity contribution in [3.63, 3.8) is 0 Å². The number of carbonyl (C=O) groups is 1. The van der Waals surface area contributed by atoms with Crippen molar-refractivity contribution in [2.24, 2.45) is 0 Å². The standard InChI is InChI=1S/C17H11Br2N3O4/c18-13-8-14(19)17(16-12(13)5-2-6-20-16)26-9-15(23)21-10-3-1-4-11(7-10)22(24)25/h1-8H,9H2,(H,21,23). The molecule has 3 aromatic rings.